The molecule has 0 radical (unpaired) electrons. The Bertz CT molecular complexity index is 1300. The van der Waals surface area contributed by atoms with E-state index in [0.717, 1.165) is 56.3 Å². The largest absolute Gasteiger partial charge is 0.444 e. The van der Waals surface area contributed by atoms with Crippen molar-refractivity contribution in [2.24, 2.45) is 5.92 Å². The Hall–Kier alpha value is -3.46. The minimum Gasteiger partial charge on any atom is -0.444 e. The van der Waals surface area contributed by atoms with Crippen LogP contribution in [0.5, 0.6) is 0 Å². The van der Waals surface area contributed by atoms with Crippen LogP contribution < -0.4 is 10.6 Å². The Morgan fingerprint density at radius 3 is 2.52 bits per heavy atom. The number of nitrogens with zero attached hydrogens (tertiary/aromatic N) is 3. The van der Waals surface area contributed by atoms with Gasteiger partial charge in [0.05, 0.1) is 17.9 Å². The zero-order chi connectivity index (χ0) is 28.6. The van der Waals surface area contributed by atoms with Gasteiger partial charge < -0.3 is 19.9 Å². The minimum absolute atomic E-state index is 0.125. The molecule has 9 nitrogen and oxygen atoms in total. The summed E-state index contributed by atoms with van der Waals surface area (Å²) in [5.74, 6) is -0.209. The third kappa shape index (κ3) is 6.63. The van der Waals surface area contributed by atoms with Gasteiger partial charge in [0.1, 0.15) is 11.4 Å². The summed E-state index contributed by atoms with van der Waals surface area (Å²) in [4.78, 5) is 47.6. The van der Waals surface area contributed by atoms with Gasteiger partial charge in [-0.25, -0.2) is 9.78 Å². The number of nitrogens with one attached hydrogen (secondary N) is 2. The summed E-state index contributed by atoms with van der Waals surface area (Å²) >= 11 is 0. The van der Waals surface area contributed by atoms with Gasteiger partial charge in [-0.15, -0.1) is 0 Å². The second kappa shape index (κ2) is 11.2. The number of fused-ring (bicyclic) bond motifs is 1. The topological polar surface area (TPSA) is 104 Å². The molecule has 1 aromatic heterocycles. The number of rotatable bonds is 4. The first-order valence-electron chi connectivity index (χ1n) is 14.4. The van der Waals surface area contributed by atoms with Gasteiger partial charge in [0.25, 0.3) is 0 Å². The fraction of sp³-hybridized carbons (Fsp3) is 0.548. The number of pyridine rings is 1. The summed E-state index contributed by atoms with van der Waals surface area (Å²) in [6.45, 7) is 10.0. The van der Waals surface area contributed by atoms with E-state index in [1.54, 1.807) is 31.7 Å². The number of benzene rings is 1. The third-order valence-electron chi connectivity index (χ3n) is 7.90. The lowest BCUT2D eigenvalue weighted by Gasteiger charge is -2.39. The molecule has 3 heterocycles. The Labute approximate surface area is 236 Å². The normalized spacial score (nSPS) is 21.4. The number of anilines is 2. The first-order valence-corrected chi connectivity index (χ1v) is 14.4. The number of likely N-dealkylation sites (N-methyl/N-ethyl adjacent to an activating group) is 1. The van der Waals surface area contributed by atoms with Crippen LogP contribution in [0.3, 0.4) is 0 Å². The molecule has 1 aromatic carbocycles. The highest BCUT2D eigenvalue weighted by atomic mass is 16.6. The SMILES string of the molecule is C[C@H]1CC[C@H](c2ccc3c(c2)CCN(C)C3)N(C(=O)C(=O)Nc2cnc(NC(=O)OC(C)(C)C)c(C3CC3)c2)C1. The molecule has 3 amide bonds. The van der Waals surface area contributed by atoms with E-state index in [2.05, 4.69) is 52.7 Å². The molecule has 2 aliphatic heterocycles. The van der Waals surface area contributed by atoms with Gasteiger partial charge in [0.15, 0.2) is 0 Å². The Balaban J connectivity index is 1.31. The number of ether oxygens (including phenoxy) is 1. The smallest absolute Gasteiger partial charge is 0.413 e. The fourth-order valence-electron chi connectivity index (χ4n) is 5.72. The molecule has 3 aliphatic rings. The molecule has 1 saturated heterocycles. The summed E-state index contributed by atoms with van der Waals surface area (Å²) in [5, 5.41) is 5.51. The van der Waals surface area contributed by atoms with Crippen LogP contribution in [0.25, 0.3) is 0 Å². The molecule has 0 spiro atoms. The standard InChI is InChI=1S/C31H41N5O4/c1-19-6-11-26(22-9-10-23-18-35(5)13-12-21(23)14-22)36(17-19)29(38)28(37)33-24-15-25(20-7-8-20)27(32-16-24)34-30(39)40-31(2,3)4/h9-10,14-16,19-20,26H,6-8,11-13,17-18H2,1-5H3,(H,33,37)(H,32,34,39)/t19-,26+/m0/s1. The van der Waals surface area contributed by atoms with Crippen molar-refractivity contribution >= 4 is 29.4 Å². The molecule has 2 aromatic rings. The summed E-state index contributed by atoms with van der Waals surface area (Å²) in [5.41, 5.74) is 4.42. The van der Waals surface area contributed by atoms with Crippen molar-refractivity contribution in [2.75, 3.05) is 30.8 Å². The van der Waals surface area contributed by atoms with Crippen molar-refractivity contribution in [1.29, 1.82) is 0 Å². The third-order valence-corrected chi connectivity index (χ3v) is 7.90. The van der Waals surface area contributed by atoms with E-state index in [-0.39, 0.29) is 12.0 Å². The van der Waals surface area contributed by atoms with E-state index in [1.807, 2.05) is 0 Å². The van der Waals surface area contributed by atoms with Gasteiger partial charge >= 0.3 is 17.9 Å². The minimum atomic E-state index is -0.671. The highest BCUT2D eigenvalue weighted by Gasteiger charge is 2.35. The molecule has 1 saturated carbocycles. The van der Waals surface area contributed by atoms with E-state index in [0.29, 0.717) is 24.0 Å². The summed E-state index contributed by atoms with van der Waals surface area (Å²) < 4.78 is 5.37. The number of hydrogen-bond acceptors (Lipinski definition) is 6. The van der Waals surface area contributed by atoms with Gasteiger partial charge in [-0.05, 0) is 94.5 Å². The Kier molecular flexibility index (Phi) is 7.86. The zero-order valence-corrected chi connectivity index (χ0v) is 24.3. The predicted molar refractivity (Wildman–Crippen MR) is 154 cm³/mol. The number of likely N-dealkylation sites (tertiary alicyclic amines) is 1. The molecule has 2 N–H and O–H groups in total. The highest BCUT2D eigenvalue weighted by molar-refractivity contribution is 6.39. The molecule has 1 aliphatic carbocycles. The second-order valence-corrected chi connectivity index (χ2v) is 12.7. The monoisotopic (exact) mass is 547 g/mol. The number of carbonyl (C=O) groups excluding carboxylic acids is 3. The summed E-state index contributed by atoms with van der Waals surface area (Å²) in [6, 6.07) is 8.22. The van der Waals surface area contributed by atoms with E-state index in [9.17, 15) is 14.4 Å². The molecule has 40 heavy (non-hydrogen) atoms. The molecule has 5 rings (SSSR count). The maximum atomic E-state index is 13.6. The number of aromatic nitrogens is 1. The molecule has 2 atom stereocenters. The van der Waals surface area contributed by atoms with Crippen LogP contribution >= 0.6 is 0 Å². The molecule has 0 bridgehead atoms. The van der Waals surface area contributed by atoms with Gasteiger partial charge in [-0.2, -0.15) is 0 Å². The van der Waals surface area contributed by atoms with Crippen LogP contribution in [0.15, 0.2) is 30.5 Å². The lowest BCUT2D eigenvalue weighted by Crippen LogP contribution is -2.46. The maximum Gasteiger partial charge on any atom is 0.413 e. The lowest BCUT2D eigenvalue weighted by atomic mass is 9.87. The van der Waals surface area contributed by atoms with E-state index in [1.165, 1.54) is 17.3 Å². The maximum absolute atomic E-state index is 13.6. The van der Waals surface area contributed by atoms with Crippen LogP contribution in [-0.2, 0) is 27.3 Å². The van der Waals surface area contributed by atoms with Gasteiger partial charge in [0, 0.05) is 25.2 Å². The van der Waals surface area contributed by atoms with E-state index in [4.69, 9.17) is 4.74 Å². The molecule has 9 heteroatoms. The molecule has 2 fully saturated rings. The number of hydrogen-bond donors (Lipinski definition) is 2. The molecule has 0 unspecified atom stereocenters. The predicted octanol–water partition coefficient (Wildman–Crippen LogP) is 5.23. The quantitative estimate of drug-likeness (QED) is 0.508. The second-order valence-electron chi connectivity index (χ2n) is 12.7. The molecule has 214 valence electrons. The fourth-order valence-corrected chi connectivity index (χ4v) is 5.72. The Morgan fingerprint density at radius 1 is 1.02 bits per heavy atom. The van der Waals surface area contributed by atoms with Crippen molar-refractivity contribution in [3.8, 4) is 0 Å². The number of carbonyl (C=O) groups is 3. The Morgan fingerprint density at radius 2 is 1.80 bits per heavy atom. The van der Waals surface area contributed by atoms with Crippen molar-refractivity contribution in [2.45, 2.75) is 83.9 Å². The summed E-state index contributed by atoms with van der Waals surface area (Å²) in [7, 11) is 2.13. The van der Waals surface area contributed by atoms with Crippen LogP contribution in [0.1, 0.15) is 87.6 Å². The van der Waals surface area contributed by atoms with Crippen molar-refractivity contribution in [3.63, 3.8) is 0 Å². The van der Waals surface area contributed by atoms with Crippen molar-refractivity contribution in [1.82, 2.24) is 14.8 Å². The van der Waals surface area contributed by atoms with Gasteiger partial charge in [-0.1, -0.05) is 25.1 Å². The number of piperidine rings is 1. The number of amides is 3. The average molecular weight is 548 g/mol. The first-order chi connectivity index (χ1) is 19.0. The lowest BCUT2D eigenvalue weighted by molar-refractivity contribution is -0.146. The van der Waals surface area contributed by atoms with Crippen molar-refractivity contribution < 1.29 is 19.1 Å². The molecular formula is C31H41N5O4. The summed E-state index contributed by atoms with van der Waals surface area (Å²) in [6.07, 6.45) is 5.69. The van der Waals surface area contributed by atoms with Crippen LogP contribution in [0, 0.1) is 5.92 Å². The van der Waals surface area contributed by atoms with E-state index < -0.39 is 23.5 Å². The van der Waals surface area contributed by atoms with Gasteiger partial charge in [-0.3, -0.25) is 14.9 Å². The first kappa shape index (κ1) is 28.1. The average Bonchev–Trinajstić information content (AvgIpc) is 3.73. The van der Waals surface area contributed by atoms with Crippen LogP contribution in [0.2, 0.25) is 0 Å². The van der Waals surface area contributed by atoms with Crippen LogP contribution in [-0.4, -0.2) is 58.4 Å². The zero-order valence-electron chi connectivity index (χ0n) is 24.3. The van der Waals surface area contributed by atoms with Crippen molar-refractivity contribution in [3.05, 3.63) is 52.7 Å². The molecular weight excluding hydrogens is 506 g/mol. The van der Waals surface area contributed by atoms with E-state index >= 15 is 0 Å². The van der Waals surface area contributed by atoms with Crippen LogP contribution in [0.4, 0.5) is 16.3 Å². The highest BCUT2D eigenvalue weighted by Crippen LogP contribution is 2.44. The van der Waals surface area contributed by atoms with Gasteiger partial charge in [0.2, 0.25) is 0 Å².